The molecule has 1 aromatic heterocycles. The molecule has 0 bridgehead atoms. The van der Waals surface area contributed by atoms with Crippen molar-refractivity contribution < 1.29 is 18.0 Å². The van der Waals surface area contributed by atoms with Crippen LogP contribution in [-0.2, 0) is 17.5 Å². The van der Waals surface area contributed by atoms with Crippen LogP contribution in [0.15, 0.2) is 24.3 Å². The van der Waals surface area contributed by atoms with E-state index in [1.54, 1.807) is 11.9 Å². The third-order valence-electron chi connectivity index (χ3n) is 3.90. The van der Waals surface area contributed by atoms with Gasteiger partial charge < -0.3 is 5.32 Å². The largest absolute Gasteiger partial charge is 0.416 e. The number of rotatable bonds is 5. The van der Waals surface area contributed by atoms with E-state index in [1.807, 2.05) is 13.8 Å². The number of hydrogen-bond donors (Lipinski definition) is 1. The Hall–Kier alpha value is -2.37. The van der Waals surface area contributed by atoms with Crippen molar-refractivity contribution >= 4 is 22.2 Å². The van der Waals surface area contributed by atoms with Gasteiger partial charge in [-0.05, 0) is 44.2 Å². The number of nitriles is 1. The van der Waals surface area contributed by atoms with Crippen LogP contribution in [0.2, 0.25) is 0 Å². The molecule has 26 heavy (non-hydrogen) atoms. The summed E-state index contributed by atoms with van der Waals surface area (Å²) in [5, 5.41) is 12.5. The van der Waals surface area contributed by atoms with E-state index in [-0.39, 0.29) is 12.5 Å². The van der Waals surface area contributed by atoms with E-state index in [0.29, 0.717) is 22.7 Å². The van der Waals surface area contributed by atoms with Crippen LogP contribution in [0.4, 0.5) is 18.2 Å². The summed E-state index contributed by atoms with van der Waals surface area (Å²) in [5.41, 5.74) is 1.29. The monoisotopic (exact) mass is 381 g/mol. The molecular weight excluding hydrogens is 363 g/mol. The van der Waals surface area contributed by atoms with Crippen molar-refractivity contribution in [2.45, 2.75) is 26.6 Å². The summed E-state index contributed by atoms with van der Waals surface area (Å²) in [6.07, 6.45) is -4.36. The number of likely N-dealkylation sites (N-methyl/N-ethyl adjacent to an activating group) is 1. The average molecular weight is 381 g/mol. The number of anilines is 1. The van der Waals surface area contributed by atoms with E-state index >= 15 is 0 Å². The van der Waals surface area contributed by atoms with E-state index in [2.05, 4.69) is 11.4 Å². The van der Waals surface area contributed by atoms with Gasteiger partial charge in [0.25, 0.3) is 0 Å². The topological polar surface area (TPSA) is 56.1 Å². The van der Waals surface area contributed by atoms with E-state index in [9.17, 15) is 23.2 Å². The van der Waals surface area contributed by atoms with Crippen molar-refractivity contribution in [3.63, 3.8) is 0 Å². The molecule has 0 saturated carbocycles. The summed E-state index contributed by atoms with van der Waals surface area (Å²) in [6, 6.07) is 6.95. The summed E-state index contributed by atoms with van der Waals surface area (Å²) in [7, 11) is 1.70. The number of alkyl halides is 3. The lowest BCUT2D eigenvalue weighted by Crippen LogP contribution is -2.29. The highest BCUT2D eigenvalue weighted by atomic mass is 32.1. The van der Waals surface area contributed by atoms with Crippen LogP contribution in [0.25, 0.3) is 0 Å². The fraction of sp³-hybridized carbons (Fsp3) is 0.333. The van der Waals surface area contributed by atoms with Gasteiger partial charge in [-0.3, -0.25) is 9.69 Å². The Morgan fingerprint density at radius 1 is 1.27 bits per heavy atom. The minimum Gasteiger partial charge on any atom is -0.315 e. The molecule has 0 aliphatic rings. The first kappa shape index (κ1) is 19.9. The first-order valence-electron chi connectivity index (χ1n) is 7.76. The summed E-state index contributed by atoms with van der Waals surface area (Å²) in [4.78, 5) is 14.8. The van der Waals surface area contributed by atoms with Crippen LogP contribution in [0.5, 0.6) is 0 Å². The second kappa shape index (κ2) is 7.89. The summed E-state index contributed by atoms with van der Waals surface area (Å²) in [6.45, 7) is 4.10. The lowest BCUT2D eigenvalue weighted by Gasteiger charge is -2.16. The maximum absolute atomic E-state index is 12.6. The molecule has 0 saturated heterocycles. The molecule has 2 aromatic rings. The van der Waals surface area contributed by atoms with Crippen LogP contribution >= 0.6 is 11.3 Å². The van der Waals surface area contributed by atoms with E-state index in [4.69, 9.17) is 0 Å². The van der Waals surface area contributed by atoms with Gasteiger partial charge in [-0.25, -0.2) is 0 Å². The maximum Gasteiger partial charge on any atom is 0.416 e. The molecular formula is C18H18F3N3OS. The molecule has 0 aliphatic carbocycles. The van der Waals surface area contributed by atoms with Gasteiger partial charge in [-0.15, -0.1) is 11.3 Å². The van der Waals surface area contributed by atoms with Gasteiger partial charge in [0, 0.05) is 11.4 Å². The molecule has 1 amide bonds. The zero-order valence-corrected chi connectivity index (χ0v) is 15.4. The molecule has 0 radical (unpaired) electrons. The van der Waals surface area contributed by atoms with Crippen molar-refractivity contribution in [1.82, 2.24) is 4.90 Å². The number of benzene rings is 1. The van der Waals surface area contributed by atoms with E-state index < -0.39 is 11.7 Å². The summed E-state index contributed by atoms with van der Waals surface area (Å²) >= 11 is 1.35. The minimum absolute atomic E-state index is 0.0574. The number of thiophene rings is 1. The third-order valence-corrected chi connectivity index (χ3v) is 5.02. The Kier molecular flexibility index (Phi) is 6.05. The number of amides is 1. The van der Waals surface area contributed by atoms with Crippen molar-refractivity contribution in [3.05, 3.63) is 51.4 Å². The fourth-order valence-corrected chi connectivity index (χ4v) is 3.45. The van der Waals surface area contributed by atoms with Gasteiger partial charge >= 0.3 is 6.18 Å². The highest BCUT2D eigenvalue weighted by molar-refractivity contribution is 7.16. The highest BCUT2D eigenvalue weighted by Gasteiger charge is 2.29. The first-order valence-corrected chi connectivity index (χ1v) is 8.58. The van der Waals surface area contributed by atoms with E-state index in [0.717, 1.165) is 22.6 Å². The molecule has 1 N–H and O–H groups in total. The SMILES string of the molecule is Cc1sc(NC(=O)CN(C)Cc2ccc(C(F)(F)F)cc2)c(C#N)c1C. The second-order valence-corrected chi connectivity index (χ2v) is 7.24. The Morgan fingerprint density at radius 3 is 2.42 bits per heavy atom. The van der Waals surface area contributed by atoms with E-state index in [1.165, 1.54) is 23.5 Å². The number of carbonyl (C=O) groups is 1. The summed E-state index contributed by atoms with van der Waals surface area (Å²) < 4.78 is 37.7. The Labute approximate surface area is 153 Å². The van der Waals surface area contributed by atoms with Crippen LogP contribution in [0.3, 0.4) is 0 Å². The molecule has 138 valence electrons. The Morgan fingerprint density at radius 2 is 1.88 bits per heavy atom. The smallest absolute Gasteiger partial charge is 0.315 e. The Balaban J connectivity index is 1.95. The lowest BCUT2D eigenvalue weighted by atomic mass is 10.1. The first-order chi connectivity index (χ1) is 12.1. The van der Waals surface area contributed by atoms with Crippen LogP contribution in [0.1, 0.15) is 27.1 Å². The average Bonchev–Trinajstić information content (AvgIpc) is 2.80. The number of nitrogens with zero attached hydrogens (tertiary/aromatic N) is 2. The number of carbonyl (C=O) groups excluding carboxylic acids is 1. The Bertz CT molecular complexity index is 835. The van der Waals surface area contributed by atoms with Crippen LogP contribution in [-0.4, -0.2) is 24.4 Å². The van der Waals surface area contributed by atoms with Crippen molar-refractivity contribution in [2.75, 3.05) is 18.9 Å². The van der Waals surface area contributed by atoms with Gasteiger partial charge in [0.1, 0.15) is 11.1 Å². The minimum atomic E-state index is -4.36. The molecule has 0 spiro atoms. The van der Waals surface area contributed by atoms with Gasteiger partial charge in [0.15, 0.2) is 0 Å². The molecule has 1 aromatic carbocycles. The fourth-order valence-electron chi connectivity index (χ4n) is 2.43. The standard InChI is InChI=1S/C18H18F3N3OS/c1-11-12(2)26-17(15(11)8-22)23-16(25)10-24(3)9-13-4-6-14(7-5-13)18(19,20)21/h4-7H,9-10H2,1-3H3,(H,23,25). The molecule has 2 rings (SSSR count). The molecule has 0 aliphatic heterocycles. The number of aryl methyl sites for hydroxylation is 1. The van der Waals surface area contributed by atoms with Crippen LogP contribution < -0.4 is 5.32 Å². The van der Waals surface area contributed by atoms with Crippen molar-refractivity contribution in [2.24, 2.45) is 0 Å². The third kappa shape index (κ3) is 4.84. The number of nitrogens with one attached hydrogen (secondary N) is 1. The van der Waals surface area contributed by atoms with Gasteiger partial charge in [-0.2, -0.15) is 18.4 Å². The predicted molar refractivity (Wildman–Crippen MR) is 94.9 cm³/mol. The van der Waals surface area contributed by atoms with Gasteiger partial charge in [0.2, 0.25) is 5.91 Å². The van der Waals surface area contributed by atoms with Crippen molar-refractivity contribution in [3.8, 4) is 6.07 Å². The quantitative estimate of drug-likeness (QED) is 0.839. The molecule has 0 fully saturated rings. The second-order valence-electron chi connectivity index (χ2n) is 6.01. The molecule has 1 heterocycles. The zero-order valence-electron chi connectivity index (χ0n) is 14.6. The maximum atomic E-state index is 12.6. The molecule has 0 atom stereocenters. The van der Waals surface area contributed by atoms with Gasteiger partial charge in [0.05, 0.1) is 17.7 Å². The van der Waals surface area contributed by atoms with Gasteiger partial charge in [-0.1, -0.05) is 12.1 Å². The predicted octanol–water partition coefficient (Wildman–Crippen LogP) is 4.33. The summed E-state index contributed by atoms with van der Waals surface area (Å²) in [5.74, 6) is -0.280. The number of hydrogen-bond acceptors (Lipinski definition) is 4. The zero-order chi connectivity index (χ0) is 19.5. The normalized spacial score (nSPS) is 11.5. The lowest BCUT2D eigenvalue weighted by molar-refractivity contribution is -0.137. The number of halogens is 3. The molecule has 0 unspecified atom stereocenters. The van der Waals surface area contributed by atoms with Crippen molar-refractivity contribution in [1.29, 1.82) is 5.26 Å². The highest BCUT2D eigenvalue weighted by Crippen LogP contribution is 2.31. The van der Waals surface area contributed by atoms with Crippen LogP contribution in [0, 0.1) is 25.2 Å². The molecule has 8 heteroatoms. The molecule has 4 nitrogen and oxygen atoms in total.